The lowest BCUT2D eigenvalue weighted by Gasteiger charge is -2.37. The monoisotopic (exact) mass is 412 g/mol. The molecule has 3 aromatic heterocycles. The summed E-state index contributed by atoms with van der Waals surface area (Å²) in [5.74, 6) is 1.54. The van der Waals surface area contributed by atoms with Crippen LogP contribution < -0.4 is 5.73 Å². The normalized spacial score (nSPS) is 20.2. The van der Waals surface area contributed by atoms with Gasteiger partial charge in [-0.2, -0.15) is 0 Å². The van der Waals surface area contributed by atoms with Gasteiger partial charge in [-0.1, -0.05) is 24.3 Å². The molecule has 1 aliphatic heterocycles. The summed E-state index contributed by atoms with van der Waals surface area (Å²) >= 11 is 0. The van der Waals surface area contributed by atoms with Crippen LogP contribution in [0.15, 0.2) is 48.8 Å². The van der Waals surface area contributed by atoms with Gasteiger partial charge >= 0.3 is 0 Å². The van der Waals surface area contributed by atoms with Crippen LogP contribution in [0.2, 0.25) is 0 Å². The fourth-order valence-electron chi connectivity index (χ4n) is 4.93. The Morgan fingerprint density at radius 2 is 1.87 bits per heavy atom. The molecule has 0 bridgehead atoms. The Morgan fingerprint density at radius 3 is 2.68 bits per heavy atom. The number of rotatable bonds is 2. The molecule has 6 rings (SSSR count). The van der Waals surface area contributed by atoms with Crippen LogP contribution in [0, 0.1) is 0 Å². The smallest absolute Gasteiger partial charge is 0.161 e. The summed E-state index contributed by atoms with van der Waals surface area (Å²) in [4.78, 5) is 18.8. The van der Waals surface area contributed by atoms with Gasteiger partial charge in [0, 0.05) is 18.0 Å². The van der Waals surface area contributed by atoms with E-state index in [1.807, 2.05) is 26.0 Å². The Kier molecular flexibility index (Phi) is 3.85. The summed E-state index contributed by atoms with van der Waals surface area (Å²) in [5.41, 5.74) is 11.4. The van der Waals surface area contributed by atoms with Gasteiger partial charge in [0.15, 0.2) is 5.65 Å². The van der Waals surface area contributed by atoms with E-state index in [2.05, 4.69) is 38.8 Å². The molecule has 0 fully saturated rings. The van der Waals surface area contributed by atoms with Crippen LogP contribution >= 0.6 is 0 Å². The van der Waals surface area contributed by atoms with E-state index in [9.17, 15) is 0 Å². The molecule has 0 radical (unpaired) electrons. The molecule has 1 aromatic carbocycles. The van der Waals surface area contributed by atoms with E-state index in [1.165, 1.54) is 11.1 Å². The lowest BCUT2D eigenvalue weighted by molar-refractivity contribution is 0.0225. The molecule has 4 heterocycles. The van der Waals surface area contributed by atoms with Gasteiger partial charge in [-0.15, -0.1) is 0 Å². The maximum atomic E-state index is 6.12. The van der Waals surface area contributed by atoms with E-state index in [1.54, 1.807) is 12.4 Å². The Balaban J connectivity index is 1.52. The average molecular weight is 412 g/mol. The lowest BCUT2D eigenvalue weighted by Crippen LogP contribution is -2.42. The Hall–Kier alpha value is -3.16. The Bertz CT molecular complexity index is 1300. The molecule has 0 amide bonds. The molecule has 31 heavy (non-hydrogen) atoms. The summed E-state index contributed by atoms with van der Waals surface area (Å²) in [5, 5.41) is 0. The van der Waals surface area contributed by atoms with Crippen LogP contribution in [0.1, 0.15) is 43.0 Å². The minimum atomic E-state index is -0.581. The van der Waals surface area contributed by atoms with Crippen LogP contribution in [0.3, 0.4) is 0 Å². The van der Waals surface area contributed by atoms with Crippen LogP contribution in [-0.4, -0.2) is 31.1 Å². The van der Waals surface area contributed by atoms with Crippen LogP contribution in [0.4, 0.5) is 0 Å². The van der Waals surface area contributed by atoms with Crippen molar-refractivity contribution in [2.45, 2.75) is 44.4 Å². The van der Waals surface area contributed by atoms with Gasteiger partial charge in [0.25, 0.3) is 0 Å². The maximum absolute atomic E-state index is 6.12. The van der Waals surface area contributed by atoms with E-state index >= 15 is 0 Å². The standard InChI is InChI=1S/C24H24N6O/c1-23(2,25)22-26-11-16(12-27-22)18-7-8-19-21(29-18)30-20(28-19)13-31-14-24(30)10-9-15-5-3-4-6-17(15)24/h3-8,11-12H,9-10,13-14,25H2,1-2H3. The molecule has 0 saturated heterocycles. The van der Waals surface area contributed by atoms with Crippen molar-refractivity contribution in [3.63, 3.8) is 0 Å². The van der Waals surface area contributed by atoms with Crippen molar-refractivity contribution < 1.29 is 4.74 Å². The van der Waals surface area contributed by atoms with Crippen molar-refractivity contribution in [3.05, 3.63) is 71.6 Å². The van der Waals surface area contributed by atoms with Gasteiger partial charge in [0.05, 0.1) is 23.4 Å². The molecule has 2 aliphatic rings. The van der Waals surface area contributed by atoms with E-state index in [0.717, 1.165) is 41.1 Å². The molecule has 0 saturated carbocycles. The topological polar surface area (TPSA) is 91.7 Å². The lowest BCUT2D eigenvalue weighted by atomic mass is 9.91. The molecule has 4 aromatic rings. The van der Waals surface area contributed by atoms with E-state index in [4.69, 9.17) is 20.4 Å². The molecule has 1 unspecified atom stereocenters. The molecule has 1 aliphatic carbocycles. The van der Waals surface area contributed by atoms with Crippen molar-refractivity contribution >= 4 is 11.2 Å². The molecule has 7 nitrogen and oxygen atoms in total. The maximum Gasteiger partial charge on any atom is 0.161 e. The van der Waals surface area contributed by atoms with Gasteiger partial charge in [-0.05, 0) is 49.9 Å². The van der Waals surface area contributed by atoms with Crippen molar-refractivity contribution in [2.75, 3.05) is 6.61 Å². The number of ether oxygens (including phenoxy) is 1. The number of aryl methyl sites for hydroxylation is 1. The summed E-state index contributed by atoms with van der Waals surface area (Å²) < 4.78 is 8.36. The van der Waals surface area contributed by atoms with Crippen LogP contribution in [0.25, 0.3) is 22.4 Å². The third-order valence-electron chi connectivity index (χ3n) is 6.42. The number of aromatic nitrogens is 5. The SMILES string of the molecule is CC(C)(N)c1ncc(-c2ccc3nc4n(c3n2)C2(CCc3ccccc32)COC4)cn1. The molecule has 7 heteroatoms. The predicted octanol–water partition coefficient (Wildman–Crippen LogP) is 3.30. The van der Waals surface area contributed by atoms with Gasteiger partial charge in [-0.3, -0.25) is 4.57 Å². The zero-order valence-electron chi connectivity index (χ0n) is 17.7. The zero-order valence-corrected chi connectivity index (χ0v) is 17.7. The predicted molar refractivity (Wildman–Crippen MR) is 117 cm³/mol. The number of hydrogen-bond donors (Lipinski definition) is 1. The molecular formula is C24H24N6O. The summed E-state index contributed by atoms with van der Waals surface area (Å²) in [6, 6.07) is 12.7. The second kappa shape index (κ2) is 6.42. The first-order valence-corrected chi connectivity index (χ1v) is 10.6. The zero-order chi connectivity index (χ0) is 21.2. The second-order valence-corrected chi connectivity index (χ2v) is 9.10. The summed E-state index contributed by atoms with van der Waals surface area (Å²) in [7, 11) is 0. The third-order valence-corrected chi connectivity index (χ3v) is 6.42. The molecule has 156 valence electrons. The number of imidazole rings is 1. The number of fused-ring (bicyclic) bond motifs is 6. The molecule has 1 spiro atoms. The first-order valence-electron chi connectivity index (χ1n) is 10.6. The van der Waals surface area contributed by atoms with Crippen molar-refractivity contribution in [2.24, 2.45) is 5.73 Å². The number of nitrogens with two attached hydrogens (primary N) is 1. The van der Waals surface area contributed by atoms with E-state index < -0.39 is 5.54 Å². The number of hydrogen-bond acceptors (Lipinski definition) is 6. The highest BCUT2D eigenvalue weighted by Crippen LogP contribution is 2.45. The molecule has 1 atom stereocenters. The average Bonchev–Trinajstić information content (AvgIpc) is 3.33. The summed E-state index contributed by atoms with van der Waals surface area (Å²) in [6.07, 6.45) is 5.60. The molecule has 2 N–H and O–H groups in total. The second-order valence-electron chi connectivity index (χ2n) is 9.10. The molecular weight excluding hydrogens is 388 g/mol. The van der Waals surface area contributed by atoms with E-state index in [0.29, 0.717) is 19.0 Å². The highest BCUT2D eigenvalue weighted by molar-refractivity contribution is 5.77. The van der Waals surface area contributed by atoms with Crippen molar-refractivity contribution in [1.29, 1.82) is 0 Å². The quantitative estimate of drug-likeness (QED) is 0.543. The largest absolute Gasteiger partial charge is 0.371 e. The number of nitrogens with zero attached hydrogens (tertiary/aromatic N) is 5. The highest BCUT2D eigenvalue weighted by Gasteiger charge is 2.45. The van der Waals surface area contributed by atoms with Gasteiger partial charge in [0.2, 0.25) is 0 Å². The van der Waals surface area contributed by atoms with E-state index in [-0.39, 0.29) is 5.54 Å². The number of pyridine rings is 1. The van der Waals surface area contributed by atoms with Gasteiger partial charge in [0.1, 0.15) is 23.8 Å². The van der Waals surface area contributed by atoms with Crippen LogP contribution in [-0.2, 0) is 28.8 Å². The van der Waals surface area contributed by atoms with Crippen molar-refractivity contribution in [3.8, 4) is 11.3 Å². The summed E-state index contributed by atoms with van der Waals surface area (Å²) in [6.45, 7) is 4.93. The van der Waals surface area contributed by atoms with Crippen molar-refractivity contribution in [1.82, 2.24) is 24.5 Å². The minimum absolute atomic E-state index is 0.255. The fourth-order valence-corrected chi connectivity index (χ4v) is 4.93. The third kappa shape index (κ3) is 2.73. The number of benzene rings is 1. The first kappa shape index (κ1) is 18.6. The minimum Gasteiger partial charge on any atom is -0.371 e. The fraction of sp³-hybridized carbons (Fsp3) is 0.333. The van der Waals surface area contributed by atoms with Crippen LogP contribution in [0.5, 0.6) is 0 Å². The first-order chi connectivity index (χ1) is 15.0. The Morgan fingerprint density at radius 1 is 1.06 bits per heavy atom. The Labute approximate surface area is 180 Å². The van der Waals surface area contributed by atoms with Gasteiger partial charge in [-0.25, -0.2) is 19.9 Å². The highest BCUT2D eigenvalue weighted by atomic mass is 16.5. The van der Waals surface area contributed by atoms with Gasteiger partial charge < -0.3 is 10.5 Å².